The van der Waals surface area contributed by atoms with Crippen LogP contribution in [0.2, 0.25) is 0 Å². The lowest BCUT2D eigenvalue weighted by molar-refractivity contribution is 0.112. The first-order valence-electron chi connectivity index (χ1n) is 6.00. The van der Waals surface area contributed by atoms with Gasteiger partial charge in [-0.05, 0) is 44.4 Å². The molecule has 2 atom stereocenters. The van der Waals surface area contributed by atoms with E-state index >= 15 is 0 Å². The van der Waals surface area contributed by atoms with Crippen molar-refractivity contribution in [3.05, 3.63) is 11.1 Å². The molecule has 0 aromatic rings. The quantitative estimate of drug-likeness (QED) is 0.526. The van der Waals surface area contributed by atoms with Gasteiger partial charge < -0.3 is 0 Å². The van der Waals surface area contributed by atoms with Gasteiger partial charge in [0.1, 0.15) is 0 Å². The van der Waals surface area contributed by atoms with Gasteiger partial charge in [0.2, 0.25) is 0 Å². The van der Waals surface area contributed by atoms with E-state index in [1.165, 1.54) is 24.8 Å². The molecule has 0 aliphatic heterocycles. The SMILES string of the molecule is CC(C)=C(C)C1C(C)CCCC1(C)C. The lowest BCUT2D eigenvalue weighted by Crippen LogP contribution is -2.34. The highest BCUT2D eigenvalue weighted by molar-refractivity contribution is 5.15. The van der Waals surface area contributed by atoms with Crippen molar-refractivity contribution in [1.29, 1.82) is 0 Å². The van der Waals surface area contributed by atoms with Crippen LogP contribution in [0, 0.1) is 17.3 Å². The molecule has 82 valence electrons. The minimum Gasteiger partial charge on any atom is -0.0772 e. The van der Waals surface area contributed by atoms with E-state index in [0.717, 1.165) is 11.8 Å². The van der Waals surface area contributed by atoms with Crippen LogP contribution >= 0.6 is 0 Å². The van der Waals surface area contributed by atoms with Gasteiger partial charge in [-0.1, -0.05) is 44.8 Å². The van der Waals surface area contributed by atoms with Crippen LogP contribution in [0.5, 0.6) is 0 Å². The molecule has 0 amide bonds. The Bertz CT molecular complexity index is 228. The maximum Gasteiger partial charge on any atom is -0.0126 e. The summed E-state index contributed by atoms with van der Waals surface area (Å²) in [6, 6.07) is 0. The molecule has 0 N–H and O–H groups in total. The van der Waals surface area contributed by atoms with Gasteiger partial charge >= 0.3 is 0 Å². The average molecular weight is 194 g/mol. The third kappa shape index (κ3) is 2.21. The zero-order valence-corrected chi connectivity index (χ0v) is 10.8. The Morgan fingerprint density at radius 3 is 2.14 bits per heavy atom. The van der Waals surface area contributed by atoms with E-state index in [1.54, 1.807) is 5.57 Å². The minimum atomic E-state index is 0.513. The largest absolute Gasteiger partial charge is 0.0772 e. The molecule has 1 aliphatic carbocycles. The van der Waals surface area contributed by atoms with Crippen LogP contribution in [0.1, 0.15) is 60.8 Å². The third-order valence-electron chi connectivity index (χ3n) is 4.15. The summed E-state index contributed by atoms with van der Waals surface area (Å²) in [6.07, 6.45) is 4.23. The summed E-state index contributed by atoms with van der Waals surface area (Å²) < 4.78 is 0. The second-order valence-corrected chi connectivity index (χ2v) is 6.02. The van der Waals surface area contributed by atoms with E-state index in [-0.39, 0.29) is 0 Å². The Morgan fingerprint density at radius 1 is 1.14 bits per heavy atom. The summed E-state index contributed by atoms with van der Waals surface area (Å²) in [6.45, 7) is 14.2. The predicted molar refractivity (Wildman–Crippen MR) is 64.3 cm³/mol. The van der Waals surface area contributed by atoms with Gasteiger partial charge in [-0.2, -0.15) is 0 Å². The second kappa shape index (κ2) is 4.08. The summed E-state index contributed by atoms with van der Waals surface area (Å²) in [5.74, 6) is 1.68. The molecule has 14 heavy (non-hydrogen) atoms. The molecule has 0 aromatic heterocycles. The first-order valence-corrected chi connectivity index (χ1v) is 6.00. The van der Waals surface area contributed by atoms with Gasteiger partial charge in [0.05, 0.1) is 0 Å². The van der Waals surface area contributed by atoms with E-state index in [2.05, 4.69) is 41.5 Å². The zero-order valence-electron chi connectivity index (χ0n) is 10.8. The first kappa shape index (κ1) is 11.8. The molecule has 1 saturated carbocycles. The summed E-state index contributed by atoms with van der Waals surface area (Å²) in [4.78, 5) is 0. The number of rotatable bonds is 1. The molecule has 1 rings (SSSR count). The Kier molecular flexibility index (Phi) is 3.44. The lowest BCUT2D eigenvalue weighted by atomic mass is 9.61. The van der Waals surface area contributed by atoms with Crippen molar-refractivity contribution in [2.75, 3.05) is 0 Å². The summed E-state index contributed by atoms with van der Waals surface area (Å²) in [7, 11) is 0. The molecule has 1 fully saturated rings. The summed E-state index contributed by atoms with van der Waals surface area (Å²) in [5.41, 5.74) is 3.68. The van der Waals surface area contributed by atoms with Crippen molar-refractivity contribution < 1.29 is 0 Å². The molecule has 2 unspecified atom stereocenters. The molecule has 0 nitrogen and oxygen atoms in total. The number of allylic oxidation sites excluding steroid dienone is 2. The van der Waals surface area contributed by atoms with Gasteiger partial charge in [0.25, 0.3) is 0 Å². The van der Waals surface area contributed by atoms with Crippen LogP contribution < -0.4 is 0 Å². The van der Waals surface area contributed by atoms with Crippen LogP contribution in [0.25, 0.3) is 0 Å². The monoisotopic (exact) mass is 194 g/mol. The normalized spacial score (nSPS) is 31.3. The second-order valence-electron chi connectivity index (χ2n) is 6.02. The van der Waals surface area contributed by atoms with E-state index in [9.17, 15) is 0 Å². The lowest BCUT2D eigenvalue weighted by Gasteiger charge is -2.44. The maximum atomic E-state index is 2.44. The smallest absolute Gasteiger partial charge is 0.0126 e. The van der Waals surface area contributed by atoms with Gasteiger partial charge in [0.15, 0.2) is 0 Å². The fourth-order valence-electron chi connectivity index (χ4n) is 3.30. The molecule has 0 spiro atoms. The van der Waals surface area contributed by atoms with Crippen LogP contribution in [-0.2, 0) is 0 Å². The molecular formula is C14H26. The highest BCUT2D eigenvalue weighted by atomic mass is 14.4. The first-order chi connectivity index (χ1) is 6.36. The number of hydrogen-bond donors (Lipinski definition) is 0. The van der Waals surface area contributed by atoms with E-state index in [4.69, 9.17) is 0 Å². The van der Waals surface area contributed by atoms with Gasteiger partial charge in [0, 0.05) is 0 Å². The summed E-state index contributed by atoms with van der Waals surface area (Å²) >= 11 is 0. The Morgan fingerprint density at radius 2 is 1.71 bits per heavy atom. The van der Waals surface area contributed by atoms with Crippen LogP contribution in [0.3, 0.4) is 0 Å². The number of hydrogen-bond acceptors (Lipinski definition) is 0. The molecule has 0 radical (unpaired) electrons. The van der Waals surface area contributed by atoms with Crippen LogP contribution in [0.15, 0.2) is 11.1 Å². The highest BCUT2D eigenvalue weighted by Gasteiger charge is 2.37. The Balaban J connectivity index is 2.97. The summed E-state index contributed by atoms with van der Waals surface area (Å²) in [5, 5.41) is 0. The molecule has 0 heteroatoms. The van der Waals surface area contributed by atoms with Crippen molar-refractivity contribution >= 4 is 0 Å². The van der Waals surface area contributed by atoms with Crippen molar-refractivity contribution in [3.8, 4) is 0 Å². The fraction of sp³-hybridized carbons (Fsp3) is 0.857. The van der Waals surface area contributed by atoms with E-state index in [1.807, 2.05) is 0 Å². The van der Waals surface area contributed by atoms with E-state index in [0.29, 0.717) is 5.41 Å². The molecule has 0 aromatic carbocycles. The molecule has 0 saturated heterocycles. The Labute approximate surface area is 89.8 Å². The van der Waals surface area contributed by atoms with E-state index < -0.39 is 0 Å². The minimum absolute atomic E-state index is 0.513. The molecule has 0 heterocycles. The van der Waals surface area contributed by atoms with Gasteiger partial charge in [-0.15, -0.1) is 0 Å². The fourth-order valence-corrected chi connectivity index (χ4v) is 3.30. The molecular weight excluding hydrogens is 168 g/mol. The van der Waals surface area contributed by atoms with Gasteiger partial charge in [-0.3, -0.25) is 0 Å². The topological polar surface area (TPSA) is 0 Å². The highest BCUT2D eigenvalue weighted by Crippen LogP contribution is 2.47. The predicted octanol–water partition coefficient (Wildman–Crippen LogP) is 4.81. The van der Waals surface area contributed by atoms with Crippen molar-refractivity contribution in [1.82, 2.24) is 0 Å². The zero-order chi connectivity index (χ0) is 10.9. The third-order valence-corrected chi connectivity index (χ3v) is 4.15. The Hall–Kier alpha value is -0.260. The molecule has 0 bridgehead atoms. The van der Waals surface area contributed by atoms with Gasteiger partial charge in [-0.25, -0.2) is 0 Å². The van der Waals surface area contributed by atoms with Crippen LogP contribution in [0.4, 0.5) is 0 Å². The standard InChI is InChI=1S/C14H26/c1-10(2)12(4)13-11(3)8-7-9-14(13,5)6/h11,13H,7-9H2,1-6H3. The van der Waals surface area contributed by atoms with Crippen molar-refractivity contribution in [2.45, 2.75) is 60.8 Å². The van der Waals surface area contributed by atoms with Crippen molar-refractivity contribution in [3.63, 3.8) is 0 Å². The molecule has 1 aliphatic rings. The maximum absolute atomic E-state index is 2.44. The van der Waals surface area contributed by atoms with Crippen molar-refractivity contribution in [2.24, 2.45) is 17.3 Å². The van der Waals surface area contributed by atoms with Crippen LogP contribution in [-0.4, -0.2) is 0 Å². The average Bonchev–Trinajstić information content (AvgIpc) is 2.01.